The molecule has 0 aliphatic carbocycles. The minimum absolute atomic E-state index is 0.258. The summed E-state index contributed by atoms with van der Waals surface area (Å²) in [4.78, 5) is 16.0. The Labute approximate surface area is 114 Å². The minimum Gasteiger partial charge on any atom is -0.478 e. The third kappa shape index (κ3) is 2.90. The van der Waals surface area contributed by atoms with Crippen molar-refractivity contribution >= 4 is 11.7 Å². The first kappa shape index (κ1) is 13.9. The van der Waals surface area contributed by atoms with E-state index in [9.17, 15) is 13.6 Å². The quantitative estimate of drug-likeness (QED) is 0.934. The van der Waals surface area contributed by atoms with Crippen molar-refractivity contribution in [3.63, 3.8) is 0 Å². The molecule has 1 N–H and O–H groups in total. The number of carboxylic acids is 1. The van der Waals surface area contributed by atoms with Crippen LogP contribution in [0.15, 0.2) is 36.7 Å². The van der Waals surface area contributed by atoms with Crippen molar-refractivity contribution in [3.8, 4) is 0 Å². The molecule has 4 nitrogen and oxygen atoms in total. The molecule has 1 aromatic carbocycles. The highest BCUT2D eigenvalue weighted by Crippen LogP contribution is 2.25. The number of nitrogens with zero attached hydrogens (tertiary/aromatic N) is 2. The molecule has 104 valence electrons. The molecule has 0 radical (unpaired) electrons. The molecule has 2 rings (SSSR count). The molecule has 6 heteroatoms. The minimum atomic E-state index is -1.37. The van der Waals surface area contributed by atoms with Crippen LogP contribution in [0, 0.1) is 11.6 Å². The van der Waals surface area contributed by atoms with Gasteiger partial charge < -0.3 is 10.0 Å². The Morgan fingerprint density at radius 1 is 1.35 bits per heavy atom. The summed E-state index contributed by atoms with van der Waals surface area (Å²) in [5.41, 5.74) is 0.105. The lowest BCUT2D eigenvalue weighted by Gasteiger charge is -2.20. The van der Waals surface area contributed by atoms with Crippen molar-refractivity contribution < 1.29 is 18.7 Å². The van der Waals surface area contributed by atoms with Gasteiger partial charge in [-0.1, -0.05) is 6.07 Å². The van der Waals surface area contributed by atoms with E-state index in [1.54, 1.807) is 24.5 Å². The van der Waals surface area contributed by atoms with E-state index >= 15 is 0 Å². The molecule has 0 fully saturated rings. The first-order valence-corrected chi connectivity index (χ1v) is 5.81. The van der Waals surface area contributed by atoms with Crippen molar-refractivity contribution in [2.45, 2.75) is 6.54 Å². The van der Waals surface area contributed by atoms with Gasteiger partial charge in [0, 0.05) is 26.0 Å². The van der Waals surface area contributed by atoms with Gasteiger partial charge in [0.15, 0.2) is 0 Å². The van der Waals surface area contributed by atoms with Crippen molar-refractivity contribution in [1.29, 1.82) is 0 Å². The van der Waals surface area contributed by atoms with Crippen LogP contribution in [0.4, 0.5) is 14.5 Å². The molecule has 0 bridgehead atoms. The maximum absolute atomic E-state index is 13.9. The van der Waals surface area contributed by atoms with Crippen LogP contribution < -0.4 is 4.90 Å². The van der Waals surface area contributed by atoms with Crippen LogP contribution in [0.25, 0.3) is 0 Å². The van der Waals surface area contributed by atoms with Crippen LogP contribution in [0.2, 0.25) is 0 Å². The van der Waals surface area contributed by atoms with Crippen LogP contribution in [0.1, 0.15) is 15.9 Å². The fourth-order valence-corrected chi connectivity index (χ4v) is 1.90. The maximum Gasteiger partial charge on any atom is 0.335 e. The molecular formula is C14H12F2N2O2. The van der Waals surface area contributed by atoms with Gasteiger partial charge in [-0.15, -0.1) is 0 Å². The van der Waals surface area contributed by atoms with E-state index in [4.69, 9.17) is 5.11 Å². The second-order valence-corrected chi connectivity index (χ2v) is 4.31. The predicted molar refractivity (Wildman–Crippen MR) is 69.7 cm³/mol. The third-order valence-electron chi connectivity index (χ3n) is 2.79. The number of aromatic nitrogens is 1. The molecule has 0 amide bonds. The standard InChI is InChI=1S/C14H12F2N2O2/c1-18(8-9-3-2-4-17-7-9)13-11(15)5-10(14(19)20)6-12(13)16/h2-7H,8H2,1H3,(H,19,20). The number of aromatic carboxylic acids is 1. The van der Waals surface area contributed by atoms with Gasteiger partial charge in [0.2, 0.25) is 0 Å². The van der Waals surface area contributed by atoms with E-state index in [2.05, 4.69) is 4.98 Å². The average molecular weight is 278 g/mol. The van der Waals surface area contributed by atoms with Gasteiger partial charge in [-0.25, -0.2) is 13.6 Å². The van der Waals surface area contributed by atoms with Gasteiger partial charge in [0.05, 0.1) is 5.56 Å². The van der Waals surface area contributed by atoms with Gasteiger partial charge in [0.1, 0.15) is 17.3 Å². The molecule has 0 aliphatic heterocycles. The normalized spacial score (nSPS) is 10.3. The second-order valence-electron chi connectivity index (χ2n) is 4.31. The number of anilines is 1. The maximum atomic E-state index is 13.9. The van der Waals surface area contributed by atoms with E-state index in [1.165, 1.54) is 11.9 Å². The Bertz CT molecular complexity index is 609. The van der Waals surface area contributed by atoms with Crippen molar-refractivity contribution in [2.24, 2.45) is 0 Å². The number of pyridine rings is 1. The van der Waals surface area contributed by atoms with Crippen LogP contribution in [-0.2, 0) is 6.54 Å². The monoisotopic (exact) mass is 278 g/mol. The molecule has 0 aliphatic rings. The Hall–Kier alpha value is -2.50. The first-order valence-electron chi connectivity index (χ1n) is 5.81. The SMILES string of the molecule is CN(Cc1cccnc1)c1c(F)cc(C(=O)O)cc1F. The van der Waals surface area contributed by atoms with E-state index in [1.807, 2.05) is 0 Å². The summed E-state index contributed by atoms with van der Waals surface area (Å²) in [6.45, 7) is 0.258. The Morgan fingerprint density at radius 3 is 2.50 bits per heavy atom. The zero-order valence-corrected chi connectivity index (χ0v) is 10.7. The second kappa shape index (κ2) is 5.64. The molecule has 0 spiro atoms. The highest BCUT2D eigenvalue weighted by molar-refractivity contribution is 5.88. The molecule has 1 heterocycles. The summed E-state index contributed by atoms with van der Waals surface area (Å²) in [7, 11) is 1.52. The highest BCUT2D eigenvalue weighted by Gasteiger charge is 2.18. The van der Waals surface area contributed by atoms with Gasteiger partial charge in [-0.2, -0.15) is 0 Å². The molecule has 2 aromatic rings. The van der Waals surface area contributed by atoms with Crippen molar-refractivity contribution in [1.82, 2.24) is 4.98 Å². The van der Waals surface area contributed by atoms with E-state index in [0.717, 1.165) is 17.7 Å². The summed E-state index contributed by atoms with van der Waals surface area (Å²) < 4.78 is 27.7. The van der Waals surface area contributed by atoms with Gasteiger partial charge in [0.25, 0.3) is 0 Å². The number of hydrogen-bond donors (Lipinski definition) is 1. The van der Waals surface area contributed by atoms with Gasteiger partial charge in [-0.3, -0.25) is 4.98 Å². The summed E-state index contributed by atoms with van der Waals surface area (Å²) in [6, 6.07) is 5.12. The predicted octanol–water partition coefficient (Wildman–Crippen LogP) is 2.69. The first-order chi connectivity index (χ1) is 9.49. The van der Waals surface area contributed by atoms with Crippen LogP contribution >= 0.6 is 0 Å². The van der Waals surface area contributed by atoms with Crippen molar-refractivity contribution in [3.05, 3.63) is 59.4 Å². The van der Waals surface area contributed by atoms with Crippen LogP contribution in [0.5, 0.6) is 0 Å². The largest absolute Gasteiger partial charge is 0.478 e. The molecule has 1 aromatic heterocycles. The van der Waals surface area contributed by atoms with E-state index < -0.39 is 23.2 Å². The Morgan fingerprint density at radius 2 is 2.00 bits per heavy atom. The van der Waals surface area contributed by atoms with Crippen molar-refractivity contribution in [2.75, 3.05) is 11.9 Å². The van der Waals surface area contributed by atoms with Crippen LogP contribution in [0.3, 0.4) is 0 Å². The summed E-state index contributed by atoms with van der Waals surface area (Å²) in [5.74, 6) is -3.19. The van der Waals surface area contributed by atoms with E-state index in [0.29, 0.717) is 0 Å². The lowest BCUT2D eigenvalue weighted by molar-refractivity contribution is 0.0695. The Kier molecular flexibility index (Phi) is 3.93. The number of carbonyl (C=O) groups is 1. The topological polar surface area (TPSA) is 53.4 Å². The number of hydrogen-bond acceptors (Lipinski definition) is 3. The molecule has 0 saturated carbocycles. The smallest absolute Gasteiger partial charge is 0.335 e. The van der Waals surface area contributed by atoms with Crippen LogP contribution in [-0.4, -0.2) is 23.1 Å². The fraction of sp³-hybridized carbons (Fsp3) is 0.143. The number of halogens is 2. The molecule has 0 saturated heterocycles. The molecular weight excluding hydrogens is 266 g/mol. The summed E-state index contributed by atoms with van der Waals surface area (Å²) in [6.07, 6.45) is 3.20. The average Bonchev–Trinajstić information content (AvgIpc) is 2.38. The highest BCUT2D eigenvalue weighted by atomic mass is 19.1. The Balaban J connectivity index is 2.30. The number of rotatable bonds is 4. The lowest BCUT2D eigenvalue weighted by atomic mass is 10.1. The number of benzene rings is 1. The summed E-state index contributed by atoms with van der Waals surface area (Å²) >= 11 is 0. The van der Waals surface area contributed by atoms with Gasteiger partial charge >= 0.3 is 5.97 Å². The fourth-order valence-electron chi connectivity index (χ4n) is 1.90. The zero-order valence-electron chi connectivity index (χ0n) is 10.7. The molecule has 0 atom stereocenters. The van der Waals surface area contributed by atoms with E-state index in [-0.39, 0.29) is 12.2 Å². The molecule has 0 unspecified atom stereocenters. The third-order valence-corrected chi connectivity index (χ3v) is 2.79. The zero-order chi connectivity index (χ0) is 14.7. The summed E-state index contributed by atoms with van der Waals surface area (Å²) in [5, 5.41) is 8.74. The lowest BCUT2D eigenvalue weighted by Crippen LogP contribution is -2.20. The number of carboxylic acid groups (broad SMARTS) is 1. The molecule has 20 heavy (non-hydrogen) atoms. The van der Waals surface area contributed by atoms with Gasteiger partial charge in [-0.05, 0) is 23.8 Å².